The Kier molecular flexibility index (Phi) is 8.11. The van der Waals surface area contributed by atoms with E-state index in [9.17, 15) is 0 Å². The fourth-order valence-electron chi connectivity index (χ4n) is 10.1. The Morgan fingerprint density at radius 1 is 0.679 bits per heavy atom. The summed E-state index contributed by atoms with van der Waals surface area (Å²) in [5.74, 6) is 2.50. The molecule has 0 amide bonds. The minimum Gasteiger partial charge on any atom is -0.455 e. The molecule has 10 rings (SSSR count). The van der Waals surface area contributed by atoms with Gasteiger partial charge in [0.25, 0.3) is 0 Å². The number of hydrogen-bond acceptors (Lipinski definition) is 2. The lowest BCUT2D eigenvalue weighted by Gasteiger charge is -2.33. The van der Waals surface area contributed by atoms with Gasteiger partial charge in [0.2, 0.25) is 0 Å². The van der Waals surface area contributed by atoms with Gasteiger partial charge in [0.1, 0.15) is 11.5 Å². The van der Waals surface area contributed by atoms with Gasteiger partial charge >= 0.3 is 0 Å². The van der Waals surface area contributed by atoms with E-state index >= 15 is 0 Å². The summed E-state index contributed by atoms with van der Waals surface area (Å²) in [4.78, 5) is 0. The summed E-state index contributed by atoms with van der Waals surface area (Å²) in [7, 11) is 0. The van der Waals surface area contributed by atoms with Crippen LogP contribution in [0.4, 0.5) is 5.69 Å². The lowest BCUT2D eigenvalue weighted by molar-refractivity contribution is 0.505. The van der Waals surface area contributed by atoms with Crippen LogP contribution in [0, 0.1) is 11.8 Å². The van der Waals surface area contributed by atoms with Crippen molar-refractivity contribution in [2.45, 2.75) is 63.8 Å². The van der Waals surface area contributed by atoms with Crippen LogP contribution in [-0.2, 0) is 10.8 Å². The van der Waals surface area contributed by atoms with Crippen molar-refractivity contribution in [1.82, 2.24) is 0 Å². The number of anilines is 1. The quantitative estimate of drug-likeness (QED) is 0.221. The molecule has 2 nitrogen and oxygen atoms in total. The summed E-state index contributed by atoms with van der Waals surface area (Å²) in [5.41, 5.74) is 17.5. The van der Waals surface area contributed by atoms with Gasteiger partial charge in [0, 0.05) is 50.6 Å². The van der Waals surface area contributed by atoms with Crippen LogP contribution in [0.25, 0.3) is 28.0 Å². The Bertz CT molecular complexity index is 2590. The molecule has 3 unspecified atom stereocenters. The third-order valence-corrected chi connectivity index (χ3v) is 13.3. The lowest BCUT2D eigenvalue weighted by atomic mass is 9.77. The molecule has 0 saturated carbocycles. The monoisotopic (exact) mass is 727 g/mol. The zero-order valence-corrected chi connectivity index (χ0v) is 32.9. The van der Waals surface area contributed by atoms with Crippen LogP contribution in [-0.4, -0.2) is 6.04 Å². The fourth-order valence-corrected chi connectivity index (χ4v) is 10.1. The third-order valence-electron chi connectivity index (χ3n) is 13.3. The normalized spacial score (nSPS) is 24.0. The molecule has 276 valence electrons. The summed E-state index contributed by atoms with van der Waals surface area (Å²) in [6.07, 6.45) is 28.5. The highest BCUT2D eigenvalue weighted by atomic mass is 16.5. The molecule has 56 heavy (non-hydrogen) atoms. The van der Waals surface area contributed by atoms with Crippen molar-refractivity contribution < 1.29 is 4.74 Å². The van der Waals surface area contributed by atoms with Crippen LogP contribution in [0.1, 0.15) is 80.3 Å². The van der Waals surface area contributed by atoms with Crippen LogP contribution in [0.5, 0.6) is 5.75 Å². The predicted octanol–water partition coefficient (Wildman–Crippen LogP) is 13.5. The second-order valence-corrected chi connectivity index (χ2v) is 17.3. The first-order valence-electron chi connectivity index (χ1n) is 20.4. The minimum atomic E-state index is -0.160. The molecule has 0 spiro atoms. The number of allylic oxidation sites excluding steroid dienone is 13. The van der Waals surface area contributed by atoms with Crippen LogP contribution < -0.4 is 10.1 Å². The highest BCUT2D eigenvalue weighted by molar-refractivity contribution is 5.89. The van der Waals surface area contributed by atoms with Crippen LogP contribution >= 0.6 is 0 Å². The second-order valence-electron chi connectivity index (χ2n) is 17.3. The van der Waals surface area contributed by atoms with Crippen molar-refractivity contribution in [2.75, 3.05) is 5.32 Å². The Labute approximate surface area is 332 Å². The van der Waals surface area contributed by atoms with Gasteiger partial charge in [-0.2, -0.15) is 0 Å². The maximum atomic E-state index is 7.12. The largest absolute Gasteiger partial charge is 0.455 e. The van der Waals surface area contributed by atoms with E-state index in [1.807, 2.05) is 0 Å². The van der Waals surface area contributed by atoms with Gasteiger partial charge in [-0.05, 0) is 75.9 Å². The molecule has 4 aromatic rings. The van der Waals surface area contributed by atoms with E-state index in [4.69, 9.17) is 4.74 Å². The molecule has 0 radical (unpaired) electrons. The number of ether oxygens (including phenoxy) is 1. The zero-order valence-electron chi connectivity index (χ0n) is 32.9. The maximum absolute atomic E-state index is 7.12. The van der Waals surface area contributed by atoms with Crippen molar-refractivity contribution in [3.63, 3.8) is 0 Å². The van der Waals surface area contributed by atoms with Crippen molar-refractivity contribution in [3.8, 4) is 16.9 Å². The van der Waals surface area contributed by atoms with Gasteiger partial charge < -0.3 is 10.1 Å². The van der Waals surface area contributed by atoms with Gasteiger partial charge in [0.15, 0.2) is 0 Å². The average molecular weight is 728 g/mol. The third kappa shape index (κ3) is 5.53. The smallest absolute Gasteiger partial charge is 0.142 e. The number of rotatable bonds is 5. The molecule has 1 heterocycles. The Hall–Kier alpha value is -5.86. The lowest BCUT2D eigenvalue weighted by Crippen LogP contribution is -2.31. The Morgan fingerprint density at radius 2 is 1.43 bits per heavy atom. The topological polar surface area (TPSA) is 21.3 Å². The molecular weight excluding hydrogens is 679 g/mol. The second kappa shape index (κ2) is 13.1. The van der Waals surface area contributed by atoms with E-state index < -0.39 is 0 Å². The van der Waals surface area contributed by atoms with Gasteiger partial charge in [-0.1, -0.05) is 179 Å². The van der Waals surface area contributed by atoms with E-state index in [-0.39, 0.29) is 22.8 Å². The molecule has 4 aromatic carbocycles. The number of nitrogens with one attached hydrogen (secondary N) is 1. The summed E-state index contributed by atoms with van der Waals surface area (Å²) >= 11 is 0. The van der Waals surface area contributed by atoms with Crippen LogP contribution in [0.3, 0.4) is 0 Å². The summed E-state index contributed by atoms with van der Waals surface area (Å²) < 4.78 is 7.12. The molecule has 0 bridgehead atoms. The van der Waals surface area contributed by atoms with Crippen molar-refractivity contribution in [1.29, 1.82) is 0 Å². The number of para-hydroxylation sites is 1. The number of hydrogen-bond donors (Lipinski definition) is 1. The maximum Gasteiger partial charge on any atom is 0.142 e. The van der Waals surface area contributed by atoms with Gasteiger partial charge in [-0.25, -0.2) is 0 Å². The molecule has 3 atom stereocenters. The SMILES string of the molecule is C=C1/C=C\C2=C(Oc3c1cccc3C1=CC=C(C3C=C(C4C=CC=CC4)C=CC3Nc3ccc4c(c3)C(C)(C)c3ccccc3-4)CC1)c1ccccc1C2(C)C. The van der Waals surface area contributed by atoms with Gasteiger partial charge in [-0.3, -0.25) is 0 Å². The zero-order chi connectivity index (χ0) is 38.2. The molecule has 6 aliphatic rings. The highest BCUT2D eigenvalue weighted by Crippen LogP contribution is 2.52. The number of fused-ring (bicyclic) bond motifs is 6. The van der Waals surface area contributed by atoms with Crippen molar-refractivity contribution in [2.24, 2.45) is 11.8 Å². The van der Waals surface area contributed by atoms with Crippen molar-refractivity contribution >= 4 is 22.6 Å². The van der Waals surface area contributed by atoms with E-state index in [2.05, 4.69) is 191 Å². The fraction of sp³-hybridized carbons (Fsp3) is 0.222. The molecule has 0 aromatic heterocycles. The molecular formula is C54H49NO. The van der Waals surface area contributed by atoms with Crippen LogP contribution in [0.15, 0.2) is 175 Å². The van der Waals surface area contributed by atoms with Crippen LogP contribution in [0.2, 0.25) is 0 Å². The van der Waals surface area contributed by atoms with E-state index in [0.29, 0.717) is 5.92 Å². The van der Waals surface area contributed by atoms with E-state index in [0.717, 1.165) is 47.5 Å². The Balaban J connectivity index is 0.997. The first-order valence-corrected chi connectivity index (χ1v) is 20.4. The minimum absolute atomic E-state index is 0.0387. The van der Waals surface area contributed by atoms with E-state index in [1.165, 1.54) is 61.4 Å². The molecule has 5 aliphatic carbocycles. The molecule has 2 heteroatoms. The molecule has 0 saturated heterocycles. The first-order chi connectivity index (χ1) is 27.2. The van der Waals surface area contributed by atoms with E-state index in [1.54, 1.807) is 0 Å². The van der Waals surface area contributed by atoms with Crippen molar-refractivity contribution in [3.05, 3.63) is 208 Å². The summed E-state index contributed by atoms with van der Waals surface area (Å²) in [6.45, 7) is 13.8. The van der Waals surface area contributed by atoms with Gasteiger partial charge in [-0.15, -0.1) is 0 Å². The first kappa shape index (κ1) is 34.6. The Morgan fingerprint density at radius 3 is 2.21 bits per heavy atom. The standard InChI is InChI=1S/C54H49NO/c1-34-22-30-48-52(44-17-10-12-21-47(44)53(48,2)3)56-51-40(34)18-13-19-41(51)36-23-25-37(26-24-36)45-32-38(35-14-7-6-8-15-35)27-31-50(45)55-39-28-29-43-42-16-9-11-20-46(42)54(4,5)49(43)33-39/h6-14,16-23,25,27-33,35,45,50,55H,1,15,24,26H2,2-5H3/b30-22-. The molecule has 0 fully saturated rings. The highest BCUT2D eigenvalue weighted by Gasteiger charge is 2.39. The predicted molar refractivity (Wildman–Crippen MR) is 235 cm³/mol. The van der Waals surface area contributed by atoms with Gasteiger partial charge in [0.05, 0.1) is 6.04 Å². The number of benzene rings is 4. The molecule has 1 N–H and O–H groups in total. The molecule has 1 aliphatic heterocycles. The summed E-state index contributed by atoms with van der Waals surface area (Å²) in [5, 5.41) is 4.02. The average Bonchev–Trinajstić information content (AvgIpc) is 3.58. The summed E-state index contributed by atoms with van der Waals surface area (Å²) in [6, 6.07) is 31.3.